The van der Waals surface area contributed by atoms with Crippen molar-refractivity contribution in [1.82, 2.24) is 0 Å². The smallest absolute Gasteiger partial charge is 0.337 e. The number of anilines is 1. The molecule has 0 aliphatic carbocycles. The van der Waals surface area contributed by atoms with Crippen molar-refractivity contribution in [2.24, 2.45) is 5.92 Å². The molecule has 0 unspecified atom stereocenters. The average Bonchev–Trinajstić information content (AvgIpc) is 2.25. The van der Waals surface area contributed by atoms with E-state index in [1.807, 2.05) is 31.0 Å². The molecule has 17 heavy (non-hydrogen) atoms. The topological polar surface area (TPSA) is 40.5 Å². The van der Waals surface area contributed by atoms with Crippen LogP contribution in [0.3, 0.4) is 0 Å². The third-order valence-electron chi connectivity index (χ3n) is 2.84. The lowest BCUT2D eigenvalue weighted by molar-refractivity contribution is 0.0697. The second-order valence-electron chi connectivity index (χ2n) is 4.93. The maximum absolute atomic E-state index is 11.1. The van der Waals surface area contributed by atoms with Crippen LogP contribution in [0.5, 0.6) is 0 Å². The van der Waals surface area contributed by atoms with Gasteiger partial charge in [-0.05, 0) is 37.0 Å². The third-order valence-corrected chi connectivity index (χ3v) is 2.84. The van der Waals surface area contributed by atoms with Crippen molar-refractivity contribution in [3.05, 3.63) is 29.3 Å². The Hall–Kier alpha value is -1.51. The van der Waals surface area contributed by atoms with Gasteiger partial charge < -0.3 is 10.0 Å². The zero-order valence-corrected chi connectivity index (χ0v) is 11.0. The van der Waals surface area contributed by atoms with Crippen LogP contribution in [0.4, 0.5) is 5.69 Å². The summed E-state index contributed by atoms with van der Waals surface area (Å²) in [5.41, 5.74) is 2.27. The number of rotatable bonds is 5. The van der Waals surface area contributed by atoms with E-state index in [-0.39, 0.29) is 0 Å². The molecule has 0 fully saturated rings. The molecule has 1 rings (SSSR count). The van der Waals surface area contributed by atoms with Gasteiger partial charge in [0, 0.05) is 13.6 Å². The fourth-order valence-electron chi connectivity index (χ4n) is 1.71. The molecule has 0 spiro atoms. The van der Waals surface area contributed by atoms with Gasteiger partial charge >= 0.3 is 5.97 Å². The summed E-state index contributed by atoms with van der Waals surface area (Å²) in [6, 6.07) is 5.45. The molecule has 0 atom stereocenters. The summed E-state index contributed by atoms with van der Waals surface area (Å²) in [5.74, 6) is -0.244. The molecule has 94 valence electrons. The van der Waals surface area contributed by atoms with Crippen molar-refractivity contribution >= 4 is 11.7 Å². The summed E-state index contributed by atoms with van der Waals surface area (Å²) in [5, 5.41) is 9.16. The summed E-state index contributed by atoms with van der Waals surface area (Å²) in [6.07, 6.45) is 1.06. The van der Waals surface area contributed by atoms with Crippen molar-refractivity contribution in [3.63, 3.8) is 0 Å². The summed E-state index contributed by atoms with van der Waals surface area (Å²) < 4.78 is 0. The fraction of sp³-hybridized carbons (Fsp3) is 0.500. The molecular weight excluding hydrogens is 214 g/mol. The average molecular weight is 235 g/mol. The number of nitrogens with zero attached hydrogens (tertiary/aromatic N) is 1. The van der Waals surface area contributed by atoms with E-state index in [0.717, 1.165) is 24.2 Å². The highest BCUT2D eigenvalue weighted by Gasteiger charge is 2.13. The number of carbonyl (C=O) groups is 1. The molecule has 0 amide bonds. The Balaban J connectivity index is 2.94. The molecule has 1 aromatic rings. The minimum absolute atomic E-state index is 0.377. The van der Waals surface area contributed by atoms with E-state index in [2.05, 4.69) is 13.8 Å². The third kappa shape index (κ3) is 3.77. The maximum atomic E-state index is 11.1. The standard InChI is InChI=1S/C14H21NO2/c1-10(2)7-8-15(4)13-9-11(3)5-6-12(13)14(16)17/h5-6,9-10H,7-8H2,1-4H3,(H,16,17). The molecule has 3 nitrogen and oxygen atoms in total. The van der Waals surface area contributed by atoms with Gasteiger partial charge in [-0.1, -0.05) is 19.9 Å². The van der Waals surface area contributed by atoms with Crippen LogP contribution in [0.15, 0.2) is 18.2 Å². The highest BCUT2D eigenvalue weighted by Crippen LogP contribution is 2.22. The zero-order valence-electron chi connectivity index (χ0n) is 11.0. The molecule has 1 N–H and O–H groups in total. The van der Waals surface area contributed by atoms with E-state index in [0.29, 0.717) is 11.5 Å². The van der Waals surface area contributed by atoms with Gasteiger partial charge in [0.2, 0.25) is 0 Å². The number of hydrogen-bond acceptors (Lipinski definition) is 2. The van der Waals surface area contributed by atoms with E-state index < -0.39 is 5.97 Å². The van der Waals surface area contributed by atoms with Crippen LogP contribution in [-0.4, -0.2) is 24.7 Å². The van der Waals surface area contributed by atoms with E-state index >= 15 is 0 Å². The predicted octanol–water partition coefficient (Wildman–Crippen LogP) is 3.18. The Morgan fingerprint density at radius 1 is 1.41 bits per heavy atom. The summed E-state index contributed by atoms with van der Waals surface area (Å²) >= 11 is 0. The van der Waals surface area contributed by atoms with Crippen LogP contribution >= 0.6 is 0 Å². The lowest BCUT2D eigenvalue weighted by atomic mass is 10.1. The van der Waals surface area contributed by atoms with Crippen LogP contribution < -0.4 is 4.90 Å². The summed E-state index contributed by atoms with van der Waals surface area (Å²) in [7, 11) is 1.95. The Morgan fingerprint density at radius 3 is 2.59 bits per heavy atom. The largest absolute Gasteiger partial charge is 0.478 e. The van der Waals surface area contributed by atoms with Crippen molar-refractivity contribution in [1.29, 1.82) is 0 Å². The van der Waals surface area contributed by atoms with Gasteiger partial charge in [0.15, 0.2) is 0 Å². The number of carboxylic acids is 1. The minimum Gasteiger partial charge on any atom is -0.478 e. The van der Waals surface area contributed by atoms with E-state index in [4.69, 9.17) is 5.11 Å². The lowest BCUT2D eigenvalue weighted by Gasteiger charge is -2.22. The van der Waals surface area contributed by atoms with Crippen LogP contribution in [0.2, 0.25) is 0 Å². The molecule has 0 aliphatic heterocycles. The Morgan fingerprint density at radius 2 is 2.06 bits per heavy atom. The number of hydrogen-bond donors (Lipinski definition) is 1. The van der Waals surface area contributed by atoms with Gasteiger partial charge in [0.25, 0.3) is 0 Å². The van der Waals surface area contributed by atoms with Crippen LogP contribution in [0, 0.1) is 12.8 Å². The summed E-state index contributed by atoms with van der Waals surface area (Å²) in [6.45, 7) is 7.19. The highest BCUT2D eigenvalue weighted by atomic mass is 16.4. The number of carboxylic acid groups (broad SMARTS) is 1. The van der Waals surface area contributed by atoms with E-state index in [1.54, 1.807) is 6.07 Å². The Bertz CT molecular complexity index is 399. The number of aromatic carboxylic acids is 1. The molecule has 0 radical (unpaired) electrons. The maximum Gasteiger partial charge on any atom is 0.337 e. The molecule has 0 aliphatic rings. The normalized spacial score (nSPS) is 10.6. The predicted molar refractivity (Wildman–Crippen MR) is 70.9 cm³/mol. The highest BCUT2D eigenvalue weighted by molar-refractivity contribution is 5.94. The molecule has 0 saturated carbocycles. The van der Waals surface area contributed by atoms with Gasteiger partial charge in [-0.25, -0.2) is 4.79 Å². The van der Waals surface area contributed by atoms with Crippen LogP contribution in [-0.2, 0) is 0 Å². The van der Waals surface area contributed by atoms with E-state index in [9.17, 15) is 4.79 Å². The first-order chi connectivity index (χ1) is 7.91. The van der Waals surface area contributed by atoms with Gasteiger partial charge in [-0.15, -0.1) is 0 Å². The first-order valence-electron chi connectivity index (χ1n) is 5.97. The molecule has 0 saturated heterocycles. The summed E-state index contributed by atoms with van der Waals surface area (Å²) in [4.78, 5) is 13.2. The monoisotopic (exact) mass is 235 g/mol. The van der Waals surface area contributed by atoms with Crippen molar-refractivity contribution in [2.75, 3.05) is 18.5 Å². The van der Waals surface area contributed by atoms with Gasteiger partial charge in [-0.3, -0.25) is 0 Å². The second kappa shape index (κ2) is 5.71. The zero-order chi connectivity index (χ0) is 13.0. The van der Waals surface area contributed by atoms with Crippen LogP contribution in [0.1, 0.15) is 36.2 Å². The quantitative estimate of drug-likeness (QED) is 0.852. The second-order valence-corrected chi connectivity index (χ2v) is 4.93. The molecular formula is C14H21NO2. The molecule has 3 heteroatoms. The van der Waals surface area contributed by atoms with Gasteiger partial charge in [0.1, 0.15) is 0 Å². The molecule has 1 aromatic carbocycles. The van der Waals surface area contributed by atoms with Crippen molar-refractivity contribution in [3.8, 4) is 0 Å². The van der Waals surface area contributed by atoms with Gasteiger partial charge in [-0.2, -0.15) is 0 Å². The van der Waals surface area contributed by atoms with Crippen molar-refractivity contribution < 1.29 is 9.90 Å². The van der Waals surface area contributed by atoms with Crippen molar-refractivity contribution in [2.45, 2.75) is 27.2 Å². The lowest BCUT2D eigenvalue weighted by Crippen LogP contribution is -2.22. The first kappa shape index (κ1) is 13.6. The molecule has 0 bridgehead atoms. The van der Waals surface area contributed by atoms with E-state index in [1.165, 1.54) is 0 Å². The number of benzene rings is 1. The Labute approximate surface area is 103 Å². The Kier molecular flexibility index (Phi) is 4.55. The van der Waals surface area contributed by atoms with Crippen LogP contribution in [0.25, 0.3) is 0 Å². The molecule has 0 heterocycles. The number of aryl methyl sites for hydroxylation is 1. The SMILES string of the molecule is Cc1ccc(C(=O)O)c(N(C)CCC(C)C)c1. The first-order valence-corrected chi connectivity index (χ1v) is 5.97. The fourth-order valence-corrected chi connectivity index (χ4v) is 1.71. The molecule has 0 aromatic heterocycles. The van der Waals surface area contributed by atoms with Gasteiger partial charge in [0.05, 0.1) is 11.3 Å². The minimum atomic E-state index is -0.864.